The normalized spacial score (nSPS) is 11.2. The molecule has 2 aromatic carbocycles. The maximum atomic E-state index is 11.8. The molecule has 4 N–H and O–H groups in total. The lowest BCUT2D eigenvalue weighted by Gasteiger charge is -2.15. The van der Waals surface area contributed by atoms with Crippen molar-refractivity contribution >= 4 is 39.7 Å². The zero-order valence-electron chi connectivity index (χ0n) is 21.9. The average Bonchev–Trinajstić information content (AvgIpc) is 2.94. The van der Waals surface area contributed by atoms with E-state index < -0.39 is 5.91 Å². The number of rotatable bonds is 8. The van der Waals surface area contributed by atoms with Gasteiger partial charge in [-0.25, -0.2) is 0 Å². The fourth-order valence-electron chi connectivity index (χ4n) is 3.47. The minimum absolute atomic E-state index is 0.0102. The van der Waals surface area contributed by atoms with E-state index in [0.717, 1.165) is 12.8 Å². The summed E-state index contributed by atoms with van der Waals surface area (Å²) < 4.78 is 11.2. The summed E-state index contributed by atoms with van der Waals surface area (Å²) in [5.74, 6) is 0.807. The van der Waals surface area contributed by atoms with Crippen LogP contribution >= 0.6 is 12.2 Å². The number of benzene rings is 2. The van der Waals surface area contributed by atoms with Crippen LogP contribution in [0.3, 0.4) is 0 Å². The average molecular weight is 533 g/mol. The minimum atomic E-state index is -0.617. The number of methoxy groups -OCH3 is 1. The second kappa shape index (κ2) is 13.3. The molecule has 0 aliphatic rings. The Kier molecular flexibility index (Phi) is 9.95. The lowest BCUT2D eigenvalue weighted by Crippen LogP contribution is -2.17. The number of fused-ring (bicyclic) bond motifs is 1. The van der Waals surface area contributed by atoms with Crippen LogP contribution in [0.15, 0.2) is 67.1 Å². The van der Waals surface area contributed by atoms with Crippen molar-refractivity contribution in [1.29, 1.82) is 0 Å². The Labute approximate surface area is 227 Å². The van der Waals surface area contributed by atoms with E-state index in [0.29, 0.717) is 38.8 Å². The molecular formula is C29H32N4O4S. The molecule has 38 heavy (non-hydrogen) atoms. The molecule has 1 unspecified atom stereocenters. The fraction of sp³-hybridized carbons (Fsp3) is 0.241. The summed E-state index contributed by atoms with van der Waals surface area (Å²) >= 11 is 5.35. The van der Waals surface area contributed by atoms with Crippen LogP contribution in [0.2, 0.25) is 0 Å². The van der Waals surface area contributed by atoms with Crippen molar-refractivity contribution in [3.63, 3.8) is 0 Å². The Bertz CT molecular complexity index is 1410. The molecule has 198 valence electrons. The first-order chi connectivity index (χ1) is 18.3. The first kappa shape index (κ1) is 28.3. The summed E-state index contributed by atoms with van der Waals surface area (Å²) in [4.78, 5) is 20.6. The highest BCUT2D eigenvalue weighted by Crippen LogP contribution is 2.35. The molecule has 0 fully saturated rings. The van der Waals surface area contributed by atoms with E-state index in [9.17, 15) is 9.90 Å². The van der Waals surface area contributed by atoms with Crippen LogP contribution in [-0.2, 0) is 6.42 Å². The van der Waals surface area contributed by atoms with E-state index in [1.165, 1.54) is 18.7 Å². The lowest BCUT2D eigenvalue weighted by atomic mass is 10.1. The van der Waals surface area contributed by atoms with Crippen LogP contribution in [0.4, 0.5) is 5.69 Å². The molecule has 9 heteroatoms. The molecule has 0 radical (unpaired) electrons. The molecule has 1 amide bonds. The van der Waals surface area contributed by atoms with Crippen molar-refractivity contribution in [3.8, 4) is 23.0 Å². The van der Waals surface area contributed by atoms with Crippen LogP contribution < -0.4 is 20.5 Å². The number of amides is 1. The maximum Gasteiger partial charge on any atom is 0.252 e. The topological polar surface area (TPSA) is 120 Å². The van der Waals surface area contributed by atoms with Crippen molar-refractivity contribution < 1.29 is 19.4 Å². The first-order valence-corrected chi connectivity index (χ1v) is 12.6. The number of thiocarbonyl (C=S) groups is 1. The van der Waals surface area contributed by atoms with Gasteiger partial charge in [0.05, 0.1) is 28.9 Å². The summed E-state index contributed by atoms with van der Waals surface area (Å²) in [5, 5.41) is 14.0. The van der Waals surface area contributed by atoms with Crippen molar-refractivity contribution in [2.45, 2.75) is 33.6 Å². The van der Waals surface area contributed by atoms with E-state index >= 15 is 0 Å². The molecule has 1 atom stereocenters. The lowest BCUT2D eigenvalue weighted by molar-refractivity contribution is 0.0997. The van der Waals surface area contributed by atoms with E-state index in [-0.39, 0.29) is 17.2 Å². The second-order valence-electron chi connectivity index (χ2n) is 8.53. The zero-order valence-corrected chi connectivity index (χ0v) is 22.7. The van der Waals surface area contributed by atoms with E-state index in [4.69, 9.17) is 27.4 Å². The molecule has 0 aliphatic carbocycles. The van der Waals surface area contributed by atoms with Gasteiger partial charge in [0.15, 0.2) is 0 Å². The highest BCUT2D eigenvalue weighted by molar-refractivity contribution is 7.80. The SMILES string of the molecule is CCC(C)C(=S)Nc1ccc(Oc2ccnc3cc(OC)c(C(N)=O)cc23)cc1O.CCc1ccncc1. The Balaban J connectivity index is 0.000000427. The highest BCUT2D eigenvalue weighted by Gasteiger charge is 2.15. The molecule has 8 nitrogen and oxygen atoms in total. The number of nitrogens with zero attached hydrogens (tertiary/aromatic N) is 2. The Morgan fingerprint density at radius 3 is 2.39 bits per heavy atom. The van der Waals surface area contributed by atoms with Gasteiger partial charge in [-0.15, -0.1) is 0 Å². The van der Waals surface area contributed by atoms with Crippen molar-refractivity contribution in [3.05, 3.63) is 78.2 Å². The number of nitrogens with one attached hydrogen (secondary N) is 1. The highest BCUT2D eigenvalue weighted by atomic mass is 32.1. The van der Waals surface area contributed by atoms with Gasteiger partial charge in [-0.2, -0.15) is 0 Å². The van der Waals surface area contributed by atoms with Crippen LogP contribution in [-0.4, -0.2) is 33.1 Å². The maximum absolute atomic E-state index is 11.8. The Morgan fingerprint density at radius 1 is 1.08 bits per heavy atom. The molecule has 4 rings (SSSR count). The molecule has 4 aromatic rings. The van der Waals surface area contributed by atoms with Gasteiger partial charge in [0.25, 0.3) is 5.91 Å². The van der Waals surface area contributed by atoms with Gasteiger partial charge in [0.1, 0.15) is 23.0 Å². The summed E-state index contributed by atoms with van der Waals surface area (Å²) in [7, 11) is 1.46. The summed E-state index contributed by atoms with van der Waals surface area (Å²) in [6.07, 6.45) is 7.22. The molecule has 0 saturated carbocycles. The number of nitrogens with two attached hydrogens (primary N) is 1. The standard InChI is InChI=1S/C22H23N3O4S.C7H9N/c1-4-12(2)22(30)25-16-6-5-13(9-18(16)26)29-19-7-8-24-17-11-20(28-3)15(21(23)27)10-14(17)19;1-2-7-3-5-8-6-4-7/h5-12,26H,4H2,1-3H3,(H2,23,27)(H,25,30);3-6H,2H2,1H3. The molecule has 0 spiro atoms. The van der Waals surface area contributed by atoms with Crippen LogP contribution in [0.1, 0.15) is 43.1 Å². The largest absolute Gasteiger partial charge is 0.506 e. The van der Waals surface area contributed by atoms with Gasteiger partial charge < -0.3 is 25.6 Å². The second-order valence-corrected chi connectivity index (χ2v) is 8.97. The summed E-state index contributed by atoms with van der Waals surface area (Å²) in [5.41, 5.74) is 8.12. The number of carbonyl (C=O) groups is 1. The number of pyridine rings is 2. The van der Waals surface area contributed by atoms with Gasteiger partial charge in [0, 0.05) is 42.0 Å². The number of phenolic OH excluding ortho intramolecular Hbond substituents is 1. The molecule has 0 saturated heterocycles. The van der Waals surface area contributed by atoms with Gasteiger partial charge >= 0.3 is 0 Å². The number of ether oxygens (including phenoxy) is 2. The summed E-state index contributed by atoms with van der Waals surface area (Å²) in [6, 6.07) is 13.8. The predicted molar refractivity (Wildman–Crippen MR) is 154 cm³/mol. The number of hydrogen-bond donors (Lipinski definition) is 3. The molecule has 2 heterocycles. The van der Waals surface area contributed by atoms with E-state index in [2.05, 4.69) is 22.2 Å². The number of primary amides is 1. The van der Waals surface area contributed by atoms with Crippen molar-refractivity contribution in [1.82, 2.24) is 9.97 Å². The van der Waals surface area contributed by atoms with Gasteiger partial charge in [-0.3, -0.25) is 14.8 Å². The van der Waals surface area contributed by atoms with E-state index in [1.807, 2.05) is 38.4 Å². The quantitative estimate of drug-likeness (QED) is 0.179. The van der Waals surface area contributed by atoms with Crippen LogP contribution in [0.25, 0.3) is 10.9 Å². The fourth-order valence-corrected chi connectivity index (χ4v) is 3.74. The van der Waals surface area contributed by atoms with Gasteiger partial charge in [0.2, 0.25) is 0 Å². The smallest absolute Gasteiger partial charge is 0.252 e. The monoisotopic (exact) mass is 532 g/mol. The van der Waals surface area contributed by atoms with Crippen LogP contribution in [0, 0.1) is 5.92 Å². The molecule has 0 bridgehead atoms. The number of anilines is 1. The third kappa shape index (κ3) is 7.17. The Morgan fingerprint density at radius 2 is 1.82 bits per heavy atom. The zero-order chi connectivity index (χ0) is 27.7. The Hall–Kier alpha value is -4.24. The molecular weight excluding hydrogens is 500 g/mol. The molecule has 0 aliphatic heterocycles. The number of carbonyl (C=O) groups excluding carboxylic acids is 1. The van der Waals surface area contributed by atoms with Gasteiger partial charge in [-0.1, -0.05) is 33.0 Å². The number of aryl methyl sites for hydroxylation is 1. The van der Waals surface area contributed by atoms with Crippen LogP contribution in [0.5, 0.6) is 23.0 Å². The minimum Gasteiger partial charge on any atom is -0.506 e. The van der Waals surface area contributed by atoms with Crippen molar-refractivity contribution in [2.75, 3.05) is 12.4 Å². The molecule has 2 aromatic heterocycles. The third-order valence-corrected chi connectivity index (χ3v) is 6.47. The summed E-state index contributed by atoms with van der Waals surface area (Å²) in [6.45, 7) is 6.21. The third-order valence-electron chi connectivity index (χ3n) is 5.96. The number of aromatic nitrogens is 2. The number of hydrogen-bond acceptors (Lipinski definition) is 7. The predicted octanol–water partition coefficient (Wildman–Crippen LogP) is 6.27. The van der Waals surface area contributed by atoms with Gasteiger partial charge in [-0.05, 0) is 54.8 Å². The number of aromatic hydroxyl groups is 1. The van der Waals surface area contributed by atoms with E-state index in [1.54, 1.807) is 36.5 Å². The first-order valence-electron chi connectivity index (χ1n) is 12.2. The number of phenols is 1. The van der Waals surface area contributed by atoms with Crippen molar-refractivity contribution in [2.24, 2.45) is 11.7 Å².